The lowest BCUT2D eigenvalue weighted by molar-refractivity contribution is -0.144. The van der Waals surface area contributed by atoms with E-state index in [-0.39, 0.29) is 30.1 Å². The van der Waals surface area contributed by atoms with Crippen LogP contribution in [0.5, 0.6) is 0 Å². The molecule has 7 heteroatoms. The Morgan fingerprint density at radius 1 is 1.29 bits per heavy atom. The second-order valence-corrected chi connectivity index (χ2v) is 5.44. The van der Waals surface area contributed by atoms with E-state index in [9.17, 15) is 14.4 Å². The zero-order chi connectivity index (χ0) is 15.4. The highest BCUT2D eigenvalue weighted by Crippen LogP contribution is 2.24. The van der Waals surface area contributed by atoms with Crippen LogP contribution in [0.2, 0.25) is 0 Å². The Bertz CT molecular complexity index is 541. The van der Waals surface area contributed by atoms with E-state index in [1.165, 1.54) is 11.8 Å². The van der Waals surface area contributed by atoms with Crippen molar-refractivity contribution in [1.29, 1.82) is 0 Å². The number of rotatable bonds is 6. The summed E-state index contributed by atoms with van der Waals surface area (Å²) in [4.78, 5) is 36.7. The highest BCUT2D eigenvalue weighted by atomic mass is 32.2. The fourth-order valence-corrected chi connectivity index (χ4v) is 2.86. The lowest BCUT2D eigenvalue weighted by Crippen LogP contribution is -2.36. The Labute approximate surface area is 126 Å². The molecule has 0 bridgehead atoms. The molecule has 2 rings (SSSR count). The van der Waals surface area contributed by atoms with E-state index in [1.54, 1.807) is 31.2 Å². The van der Waals surface area contributed by atoms with Crippen LogP contribution in [0, 0.1) is 0 Å². The van der Waals surface area contributed by atoms with Crippen molar-refractivity contribution in [2.24, 2.45) is 5.73 Å². The highest BCUT2D eigenvalue weighted by molar-refractivity contribution is 7.99. The topological polar surface area (TPSA) is 89.7 Å². The van der Waals surface area contributed by atoms with Crippen molar-refractivity contribution in [2.75, 3.05) is 18.2 Å². The normalized spacial score (nSPS) is 15.0. The molecule has 1 aliphatic heterocycles. The molecule has 6 nitrogen and oxygen atoms in total. The Balaban J connectivity index is 1.90. The number of nitrogens with zero attached hydrogens (tertiary/aromatic N) is 1. The van der Waals surface area contributed by atoms with Gasteiger partial charge in [-0.25, -0.2) is 0 Å². The van der Waals surface area contributed by atoms with Crippen LogP contribution in [0.1, 0.15) is 27.6 Å². The Kier molecular flexibility index (Phi) is 4.98. The molecule has 2 N–H and O–H groups in total. The van der Waals surface area contributed by atoms with Crippen LogP contribution in [0.4, 0.5) is 0 Å². The zero-order valence-electron chi connectivity index (χ0n) is 11.6. The van der Waals surface area contributed by atoms with E-state index in [0.29, 0.717) is 11.1 Å². The Hall–Kier alpha value is -1.86. The van der Waals surface area contributed by atoms with E-state index in [4.69, 9.17) is 10.5 Å². The van der Waals surface area contributed by atoms with Crippen LogP contribution in [-0.2, 0) is 9.53 Å². The van der Waals surface area contributed by atoms with Crippen molar-refractivity contribution in [3.8, 4) is 0 Å². The molecule has 0 saturated heterocycles. The van der Waals surface area contributed by atoms with Gasteiger partial charge in [-0.2, -0.15) is 0 Å². The molecular formula is C14H16N2O4S. The molecule has 1 unspecified atom stereocenters. The predicted octanol–water partition coefficient (Wildman–Crippen LogP) is 0.864. The molecule has 2 amide bonds. The summed E-state index contributed by atoms with van der Waals surface area (Å²) in [5.74, 6) is -0.654. The van der Waals surface area contributed by atoms with Gasteiger partial charge in [0.25, 0.3) is 11.8 Å². The fraction of sp³-hybridized carbons (Fsp3) is 0.357. The SMILES string of the molecule is CCOC(=O)C(N)CSCN1C(=O)c2ccccc2C1=O. The average Bonchev–Trinajstić information content (AvgIpc) is 2.73. The van der Waals surface area contributed by atoms with Crippen LogP contribution in [-0.4, -0.2) is 47.0 Å². The van der Waals surface area contributed by atoms with Gasteiger partial charge in [0, 0.05) is 5.75 Å². The number of ether oxygens (including phenoxy) is 1. The quantitative estimate of drug-likeness (QED) is 0.619. The van der Waals surface area contributed by atoms with Gasteiger partial charge in [0.15, 0.2) is 0 Å². The summed E-state index contributed by atoms with van der Waals surface area (Å²) in [5.41, 5.74) is 6.49. The monoisotopic (exact) mass is 308 g/mol. The molecule has 1 aromatic carbocycles. The number of fused-ring (bicyclic) bond motifs is 1. The zero-order valence-corrected chi connectivity index (χ0v) is 12.4. The standard InChI is InChI=1S/C14H16N2O4S/c1-2-20-14(19)11(15)7-21-8-16-12(17)9-5-3-4-6-10(9)13(16)18/h3-6,11H,2,7-8,15H2,1H3. The maximum atomic E-state index is 12.1. The van der Waals surface area contributed by atoms with Crippen molar-refractivity contribution in [3.63, 3.8) is 0 Å². The molecule has 0 saturated carbocycles. The van der Waals surface area contributed by atoms with E-state index >= 15 is 0 Å². The summed E-state index contributed by atoms with van der Waals surface area (Å²) in [6, 6.07) is 5.94. The first-order valence-electron chi connectivity index (χ1n) is 6.51. The fourth-order valence-electron chi connectivity index (χ4n) is 1.94. The number of hydrogen-bond donors (Lipinski definition) is 1. The maximum absolute atomic E-state index is 12.1. The van der Waals surface area contributed by atoms with Crippen LogP contribution < -0.4 is 5.73 Å². The van der Waals surface area contributed by atoms with Crippen molar-refractivity contribution in [2.45, 2.75) is 13.0 Å². The largest absolute Gasteiger partial charge is 0.465 e. The number of thioether (sulfide) groups is 1. The van der Waals surface area contributed by atoms with Gasteiger partial charge in [-0.3, -0.25) is 19.3 Å². The molecule has 21 heavy (non-hydrogen) atoms. The first kappa shape index (κ1) is 15.5. The minimum absolute atomic E-state index is 0.166. The molecule has 1 heterocycles. The number of esters is 1. The van der Waals surface area contributed by atoms with E-state index < -0.39 is 12.0 Å². The van der Waals surface area contributed by atoms with Crippen LogP contribution in [0.25, 0.3) is 0 Å². The molecule has 0 aliphatic carbocycles. The lowest BCUT2D eigenvalue weighted by atomic mass is 10.1. The molecule has 0 fully saturated rings. The second kappa shape index (κ2) is 6.73. The summed E-state index contributed by atoms with van der Waals surface area (Å²) < 4.78 is 4.79. The number of carbonyl (C=O) groups is 3. The van der Waals surface area contributed by atoms with Crippen molar-refractivity contribution in [1.82, 2.24) is 4.90 Å². The van der Waals surface area contributed by atoms with Gasteiger partial charge in [0.1, 0.15) is 6.04 Å². The third kappa shape index (κ3) is 3.25. The number of carbonyl (C=O) groups excluding carboxylic acids is 3. The molecule has 0 aromatic heterocycles. The number of nitrogens with two attached hydrogens (primary N) is 1. The van der Waals surface area contributed by atoms with Gasteiger partial charge < -0.3 is 10.5 Å². The first-order chi connectivity index (χ1) is 10.1. The molecule has 112 valence electrons. The van der Waals surface area contributed by atoms with Crippen molar-refractivity contribution < 1.29 is 19.1 Å². The van der Waals surface area contributed by atoms with Crippen molar-refractivity contribution in [3.05, 3.63) is 35.4 Å². The predicted molar refractivity (Wildman–Crippen MR) is 78.9 cm³/mol. The number of imide groups is 1. The molecule has 1 atom stereocenters. The van der Waals surface area contributed by atoms with Gasteiger partial charge in [0.05, 0.1) is 23.6 Å². The third-order valence-electron chi connectivity index (χ3n) is 2.99. The maximum Gasteiger partial charge on any atom is 0.323 e. The van der Waals surface area contributed by atoms with Gasteiger partial charge >= 0.3 is 5.97 Å². The van der Waals surface area contributed by atoms with Crippen LogP contribution in [0.3, 0.4) is 0 Å². The summed E-state index contributed by atoms with van der Waals surface area (Å²) in [5, 5.41) is 0. The van der Waals surface area contributed by atoms with Gasteiger partial charge in [-0.15, -0.1) is 11.8 Å². The number of amides is 2. The Morgan fingerprint density at radius 2 is 1.86 bits per heavy atom. The minimum atomic E-state index is -0.759. The van der Waals surface area contributed by atoms with E-state index in [1.807, 2.05) is 0 Å². The third-order valence-corrected chi connectivity index (χ3v) is 4.02. The molecule has 0 radical (unpaired) electrons. The van der Waals surface area contributed by atoms with Gasteiger partial charge in [-0.1, -0.05) is 12.1 Å². The molecule has 0 spiro atoms. The van der Waals surface area contributed by atoms with Crippen molar-refractivity contribution >= 4 is 29.5 Å². The molecule has 1 aliphatic rings. The van der Waals surface area contributed by atoms with Crippen LogP contribution >= 0.6 is 11.8 Å². The molecule has 1 aromatic rings. The number of benzene rings is 1. The minimum Gasteiger partial charge on any atom is -0.465 e. The van der Waals surface area contributed by atoms with Gasteiger partial charge in [-0.05, 0) is 19.1 Å². The Morgan fingerprint density at radius 3 is 2.38 bits per heavy atom. The second-order valence-electron chi connectivity index (χ2n) is 4.44. The smallest absolute Gasteiger partial charge is 0.323 e. The average molecular weight is 308 g/mol. The summed E-state index contributed by atoms with van der Waals surface area (Å²) >= 11 is 1.25. The van der Waals surface area contributed by atoms with E-state index in [2.05, 4.69) is 0 Å². The number of hydrogen-bond acceptors (Lipinski definition) is 6. The van der Waals surface area contributed by atoms with E-state index in [0.717, 1.165) is 4.90 Å². The summed E-state index contributed by atoms with van der Waals surface area (Å²) in [6.45, 7) is 1.98. The molecular weight excluding hydrogens is 292 g/mol. The first-order valence-corrected chi connectivity index (χ1v) is 7.67. The van der Waals surface area contributed by atoms with Crippen LogP contribution in [0.15, 0.2) is 24.3 Å². The van der Waals surface area contributed by atoms with Gasteiger partial charge in [0.2, 0.25) is 0 Å². The highest BCUT2D eigenvalue weighted by Gasteiger charge is 2.34. The summed E-state index contributed by atoms with van der Waals surface area (Å²) in [7, 11) is 0. The lowest BCUT2D eigenvalue weighted by Gasteiger charge is -2.15. The summed E-state index contributed by atoms with van der Waals surface area (Å²) in [6.07, 6.45) is 0.